The number of hydrogen-bond acceptors (Lipinski definition) is 5. The fourth-order valence-electron chi connectivity index (χ4n) is 3.08. The van der Waals surface area contributed by atoms with E-state index in [1.54, 1.807) is 60.5 Å². The van der Waals surface area contributed by atoms with Gasteiger partial charge in [-0.25, -0.2) is 8.42 Å². The molecule has 156 valence electrons. The molecule has 1 aliphatic rings. The molecule has 0 saturated carbocycles. The lowest BCUT2D eigenvalue weighted by Gasteiger charge is -2.34. The number of piperazine rings is 1. The van der Waals surface area contributed by atoms with Gasteiger partial charge in [-0.15, -0.1) is 0 Å². The fraction of sp³-hybridized carbons (Fsp3) is 0.350. The molecule has 1 amide bonds. The molecule has 3 rings (SSSR count). The minimum absolute atomic E-state index is 0.169. The van der Waals surface area contributed by atoms with Gasteiger partial charge in [0.05, 0.1) is 17.1 Å². The number of benzene rings is 2. The molecule has 2 aromatic rings. The lowest BCUT2D eigenvalue weighted by atomic mass is 10.1. The number of methoxy groups -OCH3 is 1. The Hall–Kier alpha value is -1.94. The Kier molecular flexibility index (Phi) is 7.28. The fourth-order valence-corrected chi connectivity index (χ4v) is 5.10. The number of carbonyl (C=O) groups excluding carboxylic acids is 1. The third kappa shape index (κ3) is 5.16. The molecule has 0 N–H and O–H groups in total. The maximum atomic E-state index is 13.0. The smallest absolute Gasteiger partial charge is 0.257 e. The van der Waals surface area contributed by atoms with Gasteiger partial charge < -0.3 is 14.4 Å². The molecule has 1 aliphatic heterocycles. The number of halogens is 1. The van der Waals surface area contributed by atoms with E-state index in [2.05, 4.69) is 15.9 Å². The van der Waals surface area contributed by atoms with E-state index in [4.69, 9.17) is 9.47 Å². The van der Waals surface area contributed by atoms with Crippen LogP contribution in [0.25, 0.3) is 0 Å². The first-order valence-electron chi connectivity index (χ1n) is 9.19. The van der Waals surface area contributed by atoms with Crippen molar-refractivity contribution in [2.75, 3.05) is 46.5 Å². The first kappa shape index (κ1) is 21.8. The number of hydrogen-bond donors (Lipinski definition) is 0. The molecule has 0 aromatic heterocycles. The van der Waals surface area contributed by atoms with E-state index in [1.807, 2.05) is 0 Å². The zero-order valence-electron chi connectivity index (χ0n) is 16.1. The number of rotatable bonds is 7. The van der Waals surface area contributed by atoms with Crippen molar-refractivity contribution in [1.82, 2.24) is 9.21 Å². The molecular weight excluding hydrogens is 460 g/mol. The highest BCUT2D eigenvalue weighted by Crippen LogP contribution is 2.24. The van der Waals surface area contributed by atoms with E-state index in [0.717, 1.165) is 0 Å². The summed E-state index contributed by atoms with van der Waals surface area (Å²) in [6.07, 6.45) is 0. The molecular formula is C20H23BrN2O5S. The number of nitrogens with zero attached hydrogens (tertiary/aromatic N) is 2. The standard InChI is InChI=1S/C20H23BrN2O5S/c1-27-13-14-28-19-8-3-2-7-18(19)20(24)22-9-11-23(12-10-22)29(25,26)17-6-4-5-16(21)15-17/h2-8,15H,9-14H2,1H3. The lowest BCUT2D eigenvalue weighted by Crippen LogP contribution is -2.50. The van der Waals surface area contributed by atoms with Gasteiger partial charge in [0.15, 0.2) is 0 Å². The largest absolute Gasteiger partial charge is 0.490 e. The van der Waals surface area contributed by atoms with Gasteiger partial charge in [-0.05, 0) is 30.3 Å². The van der Waals surface area contributed by atoms with Crippen LogP contribution in [-0.4, -0.2) is 70.0 Å². The summed E-state index contributed by atoms with van der Waals surface area (Å²) in [5.41, 5.74) is 0.465. The number of amides is 1. The summed E-state index contributed by atoms with van der Waals surface area (Å²) >= 11 is 3.31. The van der Waals surface area contributed by atoms with Crippen LogP contribution in [0.3, 0.4) is 0 Å². The van der Waals surface area contributed by atoms with E-state index in [9.17, 15) is 13.2 Å². The van der Waals surface area contributed by atoms with Gasteiger partial charge in [-0.2, -0.15) is 4.31 Å². The lowest BCUT2D eigenvalue weighted by molar-refractivity contribution is 0.0691. The van der Waals surface area contributed by atoms with Gasteiger partial charge in [0, 0.05) is 37.8 Å². The first-order valence-corrected chi connectivity index (χ1v) is 11.4. The van der Waals surface area contributed by atoms with Crippen molar-refractivity contribution in [2.45, 2.75) is 4.90 Å². The van der Waals surface area contributed by atoms with Crippen molar-refractivity contribution in [3.8, 4) is 5.75 Å². The highest BCUT2D eigenvalue weighted by atomic mass is 79.9. The topological polar surface area (TPSA) is 76.2 Å². The summed E-state index contributed by atoms with van der Waals surface area (Å²) in [5.74, 6) is 0.330. The molecule has 1 fully saturated rings. The first-order chi connectivity index (χ1) is 13.9. The average Bonchev–Trinajstić information content (AvgIpc) is 2.74. The molecule has 0 radical (unpaired) electrons. The van der Waals surface area contributed by atoms with Crippen molar-refractivity contribution in [3.05, 3.63) is 58.6 Å². The number of ether oxygens (including phenoxy) is 2. The summed E-state index contributed by atoms with van der Waals surface area (Å²) < 4.78 is 38.5. The quantitative estimate of drug-likeness (QED) is 0.566. The Balaban J connectivity index is 1.67. The average molecular weight is 483 g/mol. The second kappa shape index (κ2) is 9.71. The Morgan fingerprint density at radius 1 is 1.03 bits per heavy atom. The molecule has 0 spiro atoms. The minimum Gasteiger partial charge on any atom is -0.490 e. The summed E-state index contributed by atoms with van der Waals surface area (Å²) in [6, 6.07) is 13.7. The highest BCUT2D eigenvalue weighted by molar-refractivity contribution is 9.10. The van der Waals surface area contributed by atoms with Crippen LogP contribution in [0.2, 0.25) is 0 Å². The molecule has 2 aromatic carbocycles. The molecule has 0 bridgehead atoms. The van der Waals surface area contributed by atoms with Crippen molar-refractivity contribution in [2.24, 2.45) is 0 Å². The summed E-state index contributed by atoms with van der Waals surface area (Å²) in [5, 5.41) is 0. The maximum absolute atomic E-state index is 13.0. The zero-order chi connectivity index (χ0) is 20.9. The molecule has 9 heteroatoms. The van der Waals surface area contributed by atoms with E-state index >= 15 is 0 Å². The van der Waals surface area contributed by atoms with Crippen molar-refractivity contribution < 1.29 is 22.7 Å². The van der Waals surface area contributed by atoms with Crippen LogP contribution < -0.4 is 4.74 Å². The van der Waals surface area contributed by atoms with Crippen LogP contribution in [0.1, 0.15) is 10.4 Å². The third-order valence-electron chi connectivity index (χ3n) is 4.62. The predicted molar refractivity (Wildman–Crippen MR) is 113 cm³/mol. The van der Waals surface area contributed by atoms with E-state index in [-0.39, 0.29) is 23.9 Å². The molecule has 1 heterocycles. The molecule has 29 heavy (non-hydrogen) atoms. The van der Waals surface area contributed by atoms with Gasteiger partial charge in [0.1, 0.15) is 12.4 Å². The van der Waals surface area contributed by atoms with Crippen LogP contribution in [0.15, 0.2) is 57.9 Å². The number of carbonyl (C=O) groups is 1. The Morgan fingerprint density at radius 3 is 2.45 bits per heavy atom. The maximum Gasteiger partial charge on any atom is 0.257 e. The van der Waals surface area contributed by atoms with Crippen LogP contribution in [0.5, 0.6) is 5.75 Å². The van der Waals surface area contributed by atoms with Crippen LogP contribution >= 0.6 is 15.9 Å². The van der Waals surface area contributed by atoms with Crippen LogP contribution in [0, 0.1) is 0 Å². The van der Waals surface area contributed by atoms with Gasteiger partial charge in [0.25, 0.3) is 5.91 Å². The zero-order valence-corrected chi connectivity index (χ0v) is 18.5. The molecule has 0 aliphatic carbocycles. The SMILES string of the molecule is COCCOc1ccccc1C(=O)N1CCN(S(=O)(=O)c2cccc(Br)c2)CC1. The molecule has 0 unspecified atom stereocenters. The molecule has 0 atom stereocenters. The summed E-state index contributed by atoms with van der Waals surface area (Å²) in [6.45, 7) is 1.89. The summed E-state index contributed by atoms with van der Waals surface area (Å²) in [4.78, 5) is 14.9. The number of para-hydroxylation sites is 1. The number of sulfonamides is 1. The minimum atomic E-state index is -3.59. The summed E-state index contributed by atoms with van der Waals surface area (Å²) in [7, 11) is -2.01. The normalized spacial score (nSPS) is 15.3. The second-order valence-corrected chi connectivity index (χ2v) is 9.34. The highest BCUT2D eigenvalue weighted by Gasteiger charge is 2.31. The predicted octanol–water partition coefficient (Wildman–Crippen LogP) is 2.62. The van der Waals surface area contributed by atoms with Crippen molar-refractivity contribution >= 4 is 31.9 Å². The van der Waals surface area contributed by atoms with Gasteiger partial charge >= 0.3 is 0 Å². The van der Waals surface area contributed by atoms with Gasteiger partial charge in [-0.3, -0.25) is 4.79 Å². The van der Waals surface area contributed by atoms with Crippen molar-refractivity contribution in [3.63, 3.8) is 0 Å². The van der Waals surface area contributed by atoms with Crippen LogP contribution in [-0.2, 0) is 14.8 Å². The van der Waals surface area contributed by atoms with E-state index in [0.29, 0.717) is 42.1 Å². The molecule has 7 nitrogen and oxygen atoms in total. The Morgan fingerprint density at radius 2 is 1.76 bits per heavy atom. The Labute approximate surface area is 179 Å². The van der Waals surface area contributed by atoms with E-state index in [1.165, 1.54) is 4.31 Å². The van der Waals surface area contributed by atoms with Crippen molar-refractivity contribution in [1.29, 1.82) is 0 Å². The second-order valence-electron chi connectivity index (χ2n) is 6.49. The third-order valence-corrected chi connectivity index (χ3v) is 7.01. The van der Waals surface area contributed by atoms with Gasteiger partial charge in [-0.1, -0.05) is 34.1 Å². The van der Waals surface area contributed by atoms with Crippen LogP contribution in [0.4, 0.5) is 0 Å². The van der Waals surface area contributed by atoms with E-state index < -0.39 is 10.0 Å². The Bertz CT molecular complexity index is 959. The molecule has 1 saturated heterocycles. The monoisotopic (exact) mass is 482 g/mol. The van der Waals surface area contributed by atoms with Gasteiger partial charge in [0.2, 0.25) is 10.0 Å².